The Bertz CT molecular complexity index is 270. The Labute approximate surface area is 81.4 Å². The highest BCUT2D eigenvalue weighted by Gasteiger charge is 2.21. The van der Waals surface area contributed by atoms with Crippen molar-refractivity contribution in [3.05, 3.63) is 0 Å². The second-order valence-corrected chi connectivity index (χ2v) is 2.72. The molecule has 0 saturated carbocycles. The van der Waals surface area contributed by atoms with Crippen molar-refractivity contribution in [2.45, 2.75) is 25.4 Å². The molecular formula is C7H12N2O5. The summed E-state index contributed by atoms with van der Waals surface area (Å²) in [4.78, 5) is 31.8. The van der Waals surface area contributed by atoms with Crippen LogP contribution in [-0.4, -0.2) is 40.1 Å². The predicted octanol–water partition coefficient (Wildman–Crippen LogP) is -1.62. The number of carboxylic acid groups (broad SMARTS) is 2. The molecule has 0 rings (SSSR count). The number of carboxylic acids is 2. The summed E-state index contributed by atoms with van der Waals surface area (Å²) in [5.74, 6) is -3.32. The SMILES string of the molecule is [2H]N[C@H](CC(=O)O)C(=O)N[C@@H](C)C(=O)O. The van der Waals surface area contributed by atoms with E-state index in [0.29, 0.717) is 0 Å². The van der Waals surface area contributed by atoms with Crippen LogP contribution in [0.4, 0.5) is 0 Å². The van der Waals surface area contributed by atoms with E-state index >= 15 is 0 Å². The van der Waals surface area contributed by atoms with Gasteiger partial charge in [-0.25, -0.2) is 0 Å². The van der Waals surface area contributed by atoms with Crippen molar-refractivity contribution in [1.82, 2.24) is 5.32 Å². The van der Waals surface area contributed by atoms with Crippen LogP contribution in [0.1, 0.15) is 13.3 Å². The first-order chi connectivity index (χ1) is 6.88. The number of aliphatic carboxylic acids is 2. The summed E-state index contributed by atoms with van der Waals surface area (Å²) in [5, 5.41) is 18.9. The molecule has 7 heteroatoms. The average molecular weight is 205 g/mol. The van der Waals surface area contributed by atoms with Crippen molar-refractivity contribution in [3.8, 4) is 0 Å². The quantitative estimate of drug-likeness (QED) is 0.412. The van der Waals surface area contributed by atoms with E-state index in [4.69, 9.17) is 11.6 Å². The normalized spacial score (nSPS) is 15.1. The molecule has 5 N–H and O–H groups in total. The number of nitrogens with two attached hydrogens (primary N) is 1. The zero-order valence-electron chi connectivity index (χ0n) is 8.48. The Morgan fingerprint density at radius 1 is 1.50 bits per heavy atom. The monoisotopic (exact) mass is 205 g/mol. The standard InChI is InChI=1S/C7H12N2O5/c1-3(7(13)14)9-6(12)4(8)2-5(10)11/h3-4H,2,8H2,1H3,(H,9,12)(H,10,11)(H,13,14)/t3-,4+/m0/s1/i/hD. The van der Waals surface area contributed by atoms with E-state index in [1.54, 1.807) is 5.73 Å². The lowest BCUT2D eigenvalue weighted by atomic mass is 10.2. The van der Waals surface area contributed by atoms with E-state index in [1.165, 1.54) is 6.92 Å². The van der Waals surface area contributed by atoms with E-state index in [2.05, 4.69) is 5.32 Å². The molecule has 0 radical (unpaired) electrons. The molecule has 7 nitrogen and oxygen atoms in total. The van der Waals surface area contributed by atoms with Gasteiger partial charge < -0.3 is 21.3 Å². The van der Waals surface area contributed by atoms with E-state index in [0.717, 1.165) is 0 Å². The zero-order chi connectivity index (χ0) is 12.0. The highest BCUT2D eigenvalue weighted by Crippen LogP contribution is 1.90. The van der Waals surface area contributed by atoms with Crippen LogP contribution in [0, 0.1) is 0 Å². The second kappa shape index (κ2) is 5.18. The Balaban J connectivity index is 4.27. The smallest absolute Gasteiger partial charge is 0.325 e. The van der Waals surface area contributed by atoms with Crippen LogP contribution in [0.2, 0.25) is 1.41 Å². The molecule has 0 aromatic rings. The lowest BCUT2D eigenvalue weighted by molar-refractivity contribution is -0.142. The Kier molecular flexibility index (Phi) is 3.86. The molecule has 2 atom stereocenters. The van der Waals surface area contributed by atoms with E-state index in [1.807, 2.05) is 0 Å². The largest absolute Gasteiger partial charge is 0.481 e. The van der Waals surface area contributed by atoms with Crippen molar-refractivity contribution in [3.63, 3.8) is 0 Å². The maximum atomic E-state index is 11.2. The van der Waals surface area contributed by atoms with Crippen LogP contribution in [0.3, 0.4) is 0 Å². The lowest BCUT2D eigenvalue weighted by Gasteiger charge is -2.12. The second-order valence-electron chi connectivity index (χ2n) is 2.72. The van der Waals surface area contributed by atoms with Gasteiger partial charge in [-0.05, 0) is 6.92 Å². The highest BCUT2D eigenvalue weighted by molar-refractivity contribution is 5.89. The number of hydrogen-bond acceptors (Lipinski definition) is 4. The molecule has 0 aliphatic heterocycles. The number of amides is 1. The molecule has 0 bridgehead atoms. The minimum Gasteiger partial charge on any atom is -0.481 e. The topological polar surface area (TPSA) is 130 Å². The van der Waals surface area contributed by atoms with Crippen LogP contribution in [-0.2, 0) is 14.4 Å². The van der Waals surface area contributed by atoms with Crippen LogP contribution < -0.4 is 11.0 Å². The van der Waals surface area contributed by atoms with Crippen molar-refractivity contribution in [2.24, 2.45) is 5.73 Å². The Morgan fingerprint density at radius 2 is 2.07 bits per heavy atom. The van der Waals surface area contributed by atoms with E-state index in [-0.39, 0.29) is 0 Å². The predicted molar refractivity (Wildman–Crippen MR) is 45.5 cm³/mol. The number of carbonyl (C=O) groups excluding carboxylic acids is 1. The lowest BCUT2D eigenvalue weighted by Crippen LogP contribution is -2.47. The zero-order valence-corrected chi connectivity index (χ0v) is 7.48. The van der Waals surface area contributed by atoms with Gasteiger partial charge in [0.15, 0.2) is 0 Å². The van der Waals surface area contributed by atoms with Crippen LogP contribution in [0.5, 0.6) is 0 Å². The minimum absolute atomic E-state index is 0.582. The fraction of sp³-hybridized carbons (Fsp3) is 0.571. The van der Waals surface area contributed by atoms with Gasteiger partial charge in [0.05, 0.1) is 12.5 Å². The molecule has 0 aliphatic carbocycles. The van der Waals surface area contributed by atoms with Gasteiger partial charge in [-0.2, -0.15) is 0 Å². The van der Waals surface area contributed by atoms with Crippen molar-refractivity contribution in [1.29, 1.82) is 0 Å². The maximum Gasteiger partial charge on any atom is 0.325 e. The maximum absolute atomic E-state index is 11.2. The molecule has 0 saturated heterocycles. The van der Waals surface area contributed by atoms with Crippen molar-refractivity contribution < 1.29 is 26.0 Å². The van der Waals surface area contributed by atoms with Gasteiger partial charge in [-0.1, -0.05) is 0 Å². The molecule has 0 aromatic carbocycles. The molecule has 80 valence electrons. The van der Waals surface area contributed by atoms with Gasteiger partial charge in [0, 0.05) is 0 Å². The summed E-state index contributed by atoms with van der Waals surface area (Å²) in [6, 6.07) is -2.38. The first-order valence-corrected chi connectivity index (χ1v) is 3.80. The third-order valence-electron chi connectivity index (χ3n) is 1.42. The van der Waals surface area contributed by atoms with Gasteiger partial charge >= 0.3 is 11.9 Å². The molecule has 0 spiro atoms. The van der Waals surface area contributed by atoms with Gasteiger partial charge in [0.1, 0.15) is 7.45 Å². The molecule has 1 amide bonds. The summed E-state index contributed by atoms with van der Waals surface area (Å²) in [5.41, 5.74) is 1.74. The minimum atomic E-state index is -1.26. The molecule has 0 fully saturated rings. The Morgan fingerprint density at radius 3 is 2.43 bits per heavy atom. The average Bonchev–Trinajstić information content (AvgIpc) is 2.13. The van der Waals surface area contributed by atoms with Crippen molar-refractivity contribution >= 4 is 17.8 Å². The summed E-state index contributed by atoms with van der Waals surface area (Å²) in [6.45, 7) is 1.24. The summed E-state index contributed by atoms with van der Waals surface area (Å²) in [7, 11) is 0. The number of hydrogen-bond donors (Lipinski definition) is 4. The number of carbonyl (C=O) groups is 3. The molecule has 0 unspecified atom stereocenters. The Hall–Kier alpha value is -1.63. The highest BCUT2D eigenvalue weighted by atomic mass is 16.4. The van der Waals surface area contributed by atoms with Gasteiger partial charge in [0.2, 0.25) is 5.91 Å². The van der Waals surface area contributed by atoms with Gasteiger partial charge in [-0.3, -0.25) is 14.4 Å². The van der Waals surface area contributed by atoms with Gasteiger partial charge in [0.25, 0.3) is 0 Å². The third-order valence-corrected chi connectivity index (χ3v) is 1.42. The molecule has 0 aliphatic rings. The fourth-order valence-corrected chi connectivity index (χ4v) is 0.643. The van der Waals surface area contributed by atoms with E-state index < -0.39 is 36.4 Å². The fourth-order valence-electron chi connectivity index (χ4n) is 0.643. The van der Waals surface area contributed by atoms with Crippen LogP contribution in [0.15, 0.2) is 0 Å². The van der Waals surface area contributed by atoms with Crippen molar-refractivity contribution in [2.75, 3.05) is 0 Å². The summed E-state index contributed by atoms with van der Waals surface area (Å²) >= 11 is 0. The molecule has 14 heavy (non-hydrogen) atoms. The van der Waals surface area contributed by atoms with Crippen LogP contribution in [0.25, 0.3) is 0 Å². The van der Waals surface area contributed by atoms with E-state index in [9.17, 15) is 14.4 Å². The summed E-state index contributed by atoms with van der Waals surface area (Å²) < 4.78 is 6.71. The molecule has 0 aromatic heterocycles. The third kappa shape index (κ3) is 4.41. The number of rotatable bonds is 6. The molecular weight excluding hydrogens is 192 g/mol. The van der Waals surface area contributed by atoms with Gasteiger partial charge in [-0.15, -0.1) is 0 Å². The van der Waals surface area contributed by atoms with Crippen LogP contribution >= 0.6 is 0 Å². The summed E-state index contributed by atoms with van der Waals surface area (Å²) in [6.07, 6.45) is -0.582. The first kappa shape index (κ1) is 10.5. The molecule has 0 heterocycles. The number of nitrogens with one attached hydrogen (secondary N) is 1. The first-order valence-electron chi connectivity index (χ1n) is 4.30.